The number of benzene rings is 1. The maximum Gasteiger partial charge on any atom is 0.279 e. The quantitative estimate of drug-likeness (QED) is 0.792. The van der Waals surface area contributed by atoms with Gasteiger partial charge in [-0.3, -0.25) is 4.79 Å². The van der Waals surface area contributed by atoms with Gasteiger partial charge in [0, 0.05) is 9.26 Å². The zero-order valence-electron chi connectivity index (χ0n) is 10.6. The lowest BCUT2D eigenvalue weighted by Crippen LogP contribution is -2.86. The lowest BCUT2D eigenvalue weighted by molar-refractivity contribution is -0.684. The number of anilines is 1. The molecule has 0 aliphatic heterocycles. The molecule has 2 rings (SSSR count). The van der Waals surface area contributed by atoms with Gasteiger partial charge in [-0.25, -0.2) is 0 Å². The third-order valence-electron chi connectivity index (χ3n) is 2.78. The Morgan fingerprint density at radius 3 is 2.74 bits per heavy atom. The fraction of sp³-hybridized carbons (Fsp3) is 0.214. The minimum Gasteiger partial charge on any atom is -0.463 e. The molecule has 0 bridgehead atoms. The summed E-state index contributed by atoms with van der Waals surface area (Å²) < 4.78 is 6.44. The molecule has 3 N–H and O–H groups in total. The van der Waals surface area contributed by atoms with Crippen LogP contribution in [0.1, 0.15) is 18.7 Å². The molecule has 100 valence electrons. The third-order valence-corrected chi connectivity index (χ3v) is 3.50. The van der Waals surface area contributed by atoms with Crippen molar-refractivity contribution in [1.29, 1.82) is 0 Å². The van der Waals surface area contributed by atoms with Crippen molar-refractivity contribution < 1.29 is 14.5 Å². The zero-order valence-corrected chi connectivity index (χ0v) is 12.8. The predicted molar refractivity (Wildman–Crippen MR) is 81.7 cm³/mol. The van der Waals surface area contributed by atoms with E-state index in [1.807, 2.05) is 48.6 Å². The number of quaternary nitrogens is 1. The second kappa shape index (κ2) is 6.72. The Balaban J connectivity index is 1.80. The molecule has 5 heteroatoms. The summed E-state index contributed by atoms with van der Waals surface area (Å²) >= 11 is 2.23. The van der Waals surface area contributed by atoms with E-state index in [1.54, 1.807) is 6.26 Å². The van der Waals surface area contributed by atoms with Crippen LogP contribution in [0, 0.1) is 3.57 Å². The van der Waals surface area contributed by atoms with Crippen molar-refractivity contribution in [3.05, 3.63) is 52.0 Å². The molecule has 0 aliphatic rings. The number of carbonyl (C=O) groups excluding carboxylic acids is 1. The number of carbonyl (C=O) groups is 1. The van der Waals surface area contributed by atoms with Gasteiger partial charge in [-0.05, 0) is 65.9 Å². The van der Waals surface area contributed by atoms with Crippen LogP contribution >= 0.6 is 22.6 Å². The van der Waals surface area contributed by atoms with Crippen LogP contribution in [0.3, 0.4) is 0 Å². The Labute approximate surface area is 125 Å². The van der Waals surface area contributed by atoms with Gasteiger partial charge < -0.3 is 15.1 Å². The minimum atomic E-state index is -0.0142. The summed E-state index contributed by atoms with van der Waals surface area (Å²) in [6.07, 6.45) is 1.64. The molecule has 0 saturated carbocycles. The normalized spacial score (nSPS) is 12.1. The SMILES string of the molecule is C[C@H]([NH2+]CC(=O)Nc1ccc(I)cc1)c1ccco1. The van der Waals surface area contributed by atoms with E-state index < -0.39 is 0 Å². The number of hydrogen-bond donors (Lipinski definition) is 2. The molecule has 0 unspecified atom stereocenters. The van der Waals surface area contributed by atoms with Crippen molar-refractivity contribution >= 4 is 34.2 Å². The number of amides is 1. The van der Waals surface area contributed by atoms with Crippen LogP contribution in [0.4, 0.5) is 5.69 Å². The average molecular weight is 371 g/mol. The van der Waals surface area contributed by atoms with Crippen LogP contribution in [0.25, 0.3) is 0 Å². The van der Waals surface area contributed by atoms with Gasteiger partial charge in [-0.15, -0.1) is 0 Å². The van der Waals surface area contributed by atoms with Crippen LogP contribution < -0.4 is 10.6 Å². The molecule has 1 heterocycles. The van der Waals surface area contributed by atoms with Crippen LogP contribution in [0.15, 0.2) is 47.1 Å². The van der Waals surface area contributed by atoms with Crippen molar-refractivity contribution in [2.45, 2.75) is 13.0 Å². The summed E-state index contributed by atoms with van der Waals surface area (Å²) in [5.41, 5.74) is 0.824. The highest BCUT2D eigenvalue weighted by molar-refractivity contribution is 14.1. The number of nitrogens with one attached hydrogen (secondary N) is 1. The van der Waals surface area contributed by atoms with Gasteiger partial charge in [-0.2, -0.15) is 0 Å². The van der Waals surface area contributed by atoms with Gasteiger partial charge in [0.2, 0.25) is 0 Å². The van der Waals surface area contributed by atoms with Crippen LogP contribution in [0.5, 0.6) is 0 Å². The van der Waals surface area contributed by atoms with Gasteiger partial charge in [0.15, 0.2) is 12.3 Å². The van der Waals surface area contributed by atoms with Crippen molar-refractivity contribution in [2.24, 2.45) is 0 Å². The monoisotopic (exact) mass is 371 g/mol. The second-order valence-electron chi connectivity index (χ2n) is 4.30. The van der Waals surface area contributed by atoms with Gasteiger partial charge in [0.25, 0.3) is 5.91 Å². The highest BCUT2D eigenvalue weighted by Crippen LogP contribution is 2.11. The Hall–Kier alpha value is -1.34. The summed E-state index contributed by atoms with van der Waals surface area (Å²) in [6.45, 7) is 2.38. The average Bonchev–Trinajstić information content (AvgIpc) is 2.93. The molecule has 1 aromatic heterocycles. The van der Waals surface area contributed by atoms with E-state index in [-0.39, 0.29) is 11.9 Å². The minimum absolute atomic E-state index is 0.0142. The molecule has 0 aliphatic carbocycles. The number of nitrogens with two attached hydrogens (primary N) is 1. The van der Waals surface area contributed by atoms with Crippen LogP contribution in [-0.2, 0) is 4.79 Å². The van der Waals surface area contributed by atoms with E-state index in [4.69, 9.17) is 4.42 Å². The zero-order chi connectivity index (χ0) is 13.7. The summed E-state index contributed by atoms with van der Waals surface area (Å²) in [7, 11) is 0. The first-order valence-electron chi connectivity index (χ1n) is 6.07. The van der Waals surface area contributed by atoms with Gasteiger partial charge in [0.1, 0.15) is 6.04 Å². The van der Waals surface area contributed by atoms with E-state index in [2.05, 4.69) is 27.9 Å². The maximum atomic E-state index is 11.8. The van der Waals surface area contributed by atoms with Crippen molar-refractivity contribution in [1.82, 2.24) is 0 Å². The first kappa shape index (κ1) is 14.1. The molecule has 19 heavy (non-hydrogen) atoms. The number of rotatable bonds is 5. The van der Waals surface area contributed by atoms with E-state index in [0.717, 1.165) is 15.0 Å². The maximum absolute atomic E-state index is 11.8. The number of furan rings is 1. The van der Waals surface area contributed by atoms with Gasteiger partial charge in [-0.1, -0.05) is 0 Å². The molecular formula is C14H16IN2O2+. The van der Waals surface area contributed by atoms with E-state index >= 15 is 0 Å². The molecule has 1 aromatic carbocycles. The highest BCUT2D eigenvalue weighted by Gasteiger charge is 2.13. The lowest BCUT2D eigenvalue weighted by Gasteiger charge is -2.08. The Morgan fingerprint density at radius 2 is 2.11 bits per heavy atom. The van der Waals surface area contributed by atoms with Crippen LogP contribution in [0.2, 0.25) is 0 Å². The number of halogens is 1. The molecule has 2 aromatic rings. The fourth-order valence-electron chi connectivity index (χ4n) is 1.70. The van der Waals surface area contributed by atoms with E-state index in [9.17, 15) is 4.79 Å². The first-order valence-corrected chi connectivity index (χ1v) is 7.15. The Kier molecular flexibility index (Phi) is 4.98. The lowest BCUT2D eigenvalue weighted by atomic mass is 10.2. The molecule has 0 saturated heterocycles. The highest BCUT2D eigenvalue weighted by atomic mass is 127. The summed E-state index contributed by atoms with van der Waals surface area (Å²) in [4.78, 5) is 11.8. The standard InChI is InChI=1S/C14H15IN2O2/c1-10(13-3-2-8-19-13)16-9-14(18)17-12-6-4-11(15)5-7-12/h2-8,10,16H,9H2,1H3,(H,17,18)/p+1/t10-/m0/s1. The molecule has 1 atom stereocenters. The molecule has 1 amide bonds. The second-order valence-corrected chi connectivity index (χ2v) is 5.54. The van der Waals surface area contributed by atoms with Crippen molar-refractivity contribution in [3.8, 4) is 0 Å². The molecule has 0 spiro atoms. The van der Waals surface area contributed by atoms with E-state index in [1.165, 1.54) is 0 Å². The number of hydrogen-bond acceptors (Lipinski definition) is 2. The molecule has 0 radical (unpaired) electrons. The van der Waals surface area contributed by atoms with Crippen molar-refractivity contribution in [2.75, 3.05) is 11.9 Å². The molecule has 0 fully saturated rings. The van der Waals surface area contributed by atoms with E-state index in [0.29, 0.717) is 6.54 Å². The largest absolute Gasteiger partial charge is 0.463 e. The van der Waals surface area contributed by atoms with Crippen LogP contribution in [-0.4, -0.2) is 12.5 Å². The Bertz CT molecular complexity index is 523. The molecule has 4 nitrogen and oxygen atoms in total. The predicted octanol–water partition coefficient (Wildman–Crippen LogP) is 2.15. The summed E-state index contributed by atoms with van der Waals surface area (Å²) in [5.74, 6) is 0.863. The summed E-state index contributed by atoms with van der Waals surface area (Å²) in [6, 6.07) is 11.6. The topological polar surface area (TPSA) is 58.9 Å². The smallest absolute Gasteiger partial charge is 0.279 e. The molecular weight excluding hydrogens is 355 g/mol. The Morgan fingerprint density at radius 1 is 1.37 bits per heavy atom. The summed E-state index contributed by atoms with van der Waals surface area (Å²) in [5, 5.41) is 4.81. The third kappa shape index (κ3) is 4.36. The fourth-order valence-corrected chi connectivity index (χ4v) is 2.06. The van der Waals surface area contributed by atoms with Gasteiger partial charge >= 0.3 is 0 Å². The van der Waals surface area contributed by atoms with Gasteiger partial charge in [0.05, 0.1) is 6.26 Å². The first-order chi connectivity index (χ1) is 9.15. The van der Waals surface area contributed by atoms with Crippen molar-refractivity contribution in [3.63, 3.8) is 0 Å².